The van der Waals surface area contributed by atoms with Gasteiger partial charge in [0.25, 0.3) is 0 Å². The molecule has 0 spiro atoms. The molecule has 0 aliphatic carbocycles. The van der Waals surface area contributed by atoms with Crippen LogP contribution in [0.2, 0.25) is 0 Å². The van der Waals surface area contributed by atoms with Crippen molar-refractivity contribution in [2.45, 2.75) is 12.5 Å². The summed E-state index contributed by atoms with van der Waals surface area (Å²) in [5.74, 6) is 4.94. The second-order valence-corrected chi connectivity index (χ2v) is 3.29. The Kier molecular flexibility index (Phi) is 3.66. The standard InChI is InChI=1S/C7H11F4N5O/c1-15(2)4-3-5(14-16(12)13-4)17-6(8)7(9,10)11/h3,6,13H,12H2,1-2H3. The van der Waals surface area contributed by atoms with Gasteiger partial charge in [0, 0.05) is 20.2 Å². The van der Waals surface area contributed by atoms with E-state index in [1.165, 1.54) is 4.90 Å². The molecule has 0 fully saturated rings. The molecule has 17 heavy (non-hydrogen) atoms. The average molecular weight is 257 g/mol. The van der Waals surface area contributed by atoms with Crippen LogP contribution in [0.5, 0.6) is 0 Å². The van der Waals surface area contributed by atoms with E-state index >= 15 is 0 Å². The Bertz CT molecular complexity index is 340. The van der Waals surface area contributed by atoms with Gasteiger partial charge in [-0.25, -0.2) is 5.84 Å². The average Bonchev–Trinajstić information content (AvgIpc) is 2.14. The van der Waals surface area contributed by atoms with Crippen molar-refractivity contribution in [1.29, 1.82) is 0 Å². The summed E-state index contributed by atoms with van der Waals surface area (Å²) < 4.78 is 52.3. The quantitative estimate of drug-likeness (QED) is 0.549. The number of rotatable bonds is 2. The summed E-state index contributed by atoms with van der Waals surface area (Å²) >= 11 is 0. The highest BCUT2D eigenvalue weighted by atomic mass is 19.4. The molecular formula is C7H11F4N5O. The van der Waals surface area contributed by atoms with Crippen molar-refractivity contribution in [2.75, 3.05) is 14.1 Å². The summed E-state index contributed by atoms with van der Waals surface area (Å²) in [6.07, 6.45) is -7.48. The zero-order valence-corrected chi connectivity index (χ0v) is 8.99. The topological polar surface area (TPSA) is 66.1 Å². The number of hydrogen-bond donors (Lipinski definition) is 2. The maximum absolute atomic E-state index is 12.6. The Morgan fingerprint density at radius 3 is 2.59 bits per heavy atom. The van der Waals surface area contributed by atoms with Gasteiger partial charge in [0.05, 0.1) is 0 Å². The Morgan fingerprint density at radius 1 is 1.53 bits per heavy atom. The zero-order valence-electron chi connectivity index (χ0n) is 8.99. The number of hydrazine groups is 2. The van der Waals surface area contributed by atoms with Crippen molar-refractivity contribution in [3.63, 3.8) is 0 Å². The fraction of sp³-hybridized carbons (Fsp3) is 0.571. The number of ether oxygens (including phenoxy) is 1. The molecule has 0 aromatic rings. The highest BCUT2D eigenvalue weighted by Crippen LogP contribution is 2.24. The number of nitrogens with zero attached hydrogens (tertiary/aromatic N) is 3. The molecule has 0 saturated carbocycles. The molecule has 1 rings (SSSR count). The minimum atomic E-state index is -5.11. The van der Waals surface area contributed by atoms with E-state index in [0.717, 1.165) is 6.08 Å². The van der Waals surface area contributed by atoms with Gasteiger partial charge in [0.1, 0.15) is 5.82 Å². The summed E-state index contributed by atoms with van der Waals surface area (Å²) in [6.45, 7) is 0. The molecule has 6 nitrogen and oxygen atoms in total. The molecule has 0 aromatic heterocycles. The lowest BCUT2D eigenvalue weighted by Gasteiger charge is -2.27. The van der Waals surface area contributed by atoms with Gasteiger partial charge in [-0.15, -0.1) is 10.3 Å². The SMILES string of the molecule is CN(C)C1=CC(OC(F)C(F)(F)F)=NN(N)N1. The monoisotopic (exact) mass is 257 g/mol. The molecule has 98 valence electrons. The third kappa shape index (κ3) is 3.66. The number of nitrogens with one attached hydrogen (secondary N) is 1. The fourth-order valence-electron chi connectivity index (χ4n) is 0.886. The zero-order chi connectivity index (χ0) is 13.2. The lowest BCUT2D eigenvalue weighted by Crippen LogP contribution is -2.46. The Hall–Kier alpha value is -1.71. The first kappa shape index (κ1) is 13.4. The minimum absolute atomic E-state index is 0.298. The van der Waals surface area contributed by atoms with Crippen molar-refractivity contribution in [1.82, 2.24) is 15.6 Å². The van der Waals surface area contributed by atoms with Gasteiger partial charge in [-0.1, -0.05) is 0 Å². The van der Waals surface area contributed by atoms with Crippen LogP contribution in [0.25, 0.3) is 0 Å². The van der Waals surface area contributed by atoms with Gasteiger partial charge in [-0.3, -0.25) is 5.43 Å². The first-order chi connectivity index (χ1) is 7.70. The Balaban J connectivity index is 2.77. The number of halogens is 4. The van der Waals surface area contributed by atoms with E-state index < -0.39 is 18.4 Å². The van der Waals surface area contributed by atoms with E-state index in [9.17, 15) is 17.6 Å². The molecule has 3 N–H and O–H groups in total. The molecule has 0 aromatic carbocycles. The first-order valence-corrected chi connectivity index (χ1v) is 4.36. The van der Waals surface area contributed by atoms with Crippen molar-refractivity contribution >= 4 is 5.90 Å². The Labute approximate surface area is 94.2 Å². The second-order valence-electron chi connectivity index (χ2n) is 3.29. The van der Waals surface area contributed by atoms with Crippen molar-refractivity contribution in [3.8, 4) is 0 Å². The third-order valence-electron chi connectivity index (χ3n) is 1.66. The largest absolute Gasteiger partial charge is 0.457 e. The third-order valence-corrected chi connectivity index (χ3v) is 1.66. The van der Waals surface area contributed by atoms with Crippen molar-refractivity contribution < 1.29 is 22.3 Å². The minimum Gasteiger partial charge on any atom is -0.433 e. The number of hydrazone groups is 1. The highest BCUT2D eigenvalue weighted by Gasteiger charge is 2.43. The summed E-state index contributed by atoms with van der Waals surface area (Å²) in [5, 5.41) is 3.94. The van der Waals surface area contributed by atoms with Gasteiger partial charge >= 0.3 is 12.5 Å². The van der Waals surface area contributed by atoms with Crippen LogP contribution in [0.1, 0.15) is 0 Å². The molecule has 0 radical (unpaired) electrons. The van der Waals surface area contributed by atoms with Gasteiger partial charge in [-0.2, -0.15) is 17.6 Å². The molecule has 0 saturated heterocycles. The maximum atomic E-state index is 12.6. The summed E-state index contributed by atoms with van der Waals surface area (Å²) in [7, 11) is 3.21. The van der Waals surface area contributed by atoms with E-state index in [0.29, 0.717) is 11.0 Å². The molecule has 1 aliphatic rings. The molecule has 0 bridgehead atoms. The van der Waals surface area contributed by atoms with Crippen LogP contribution in [0.15, 0.2) is 17.0 Å². The summed E-state index contributed by atoms with van der Waals surface area (Å²) in [5.41, 5.74) is 2.48. The smallest absolute Gasteiger partial charge is 0.433 e. The van der Waals surface area contributed by atoms with Crippen molar-refractivity contribution in [2.24, 2.45) is 10.9 Å². The van der Waals surface area contributed by atoms with Crippen LogP contribution in [0, 0.1) is 0 Å². The number of nitrogens with two attached hydrogens (primary N) is 1. The maximum Gasteiger partial charge on any atom is 0.457 e. The molecule has 0 amide bonds. The first-order valence-electron chi connectivity index (χ1n) is 4.36. The van der Waals surface area contributed by atoms with E-state index in [4.69, 9.17) is 5.84 Å². The van der Waals surface area contributed by atoms with Crippen LogP contribution in [0.4, 0.5) is 17.6 Å². The molecule has 10 heteroatoms. The van der Waals surface area contributed by atoms with E-state index in [1.807, 2.05) is 0 Å². The normalized spacial score (nSPS) is 17.9. The van der Waals surface area contributed by atoms with E-state index in [2.05, 4.69) is 15.3 Å². The van der Waals surface area contributed by atoms with Crippen LogP contribution < -0.4 is 11.3 Å². The van der Waals surface area contributed by atoms with Gasteiger partial charge in [-0.05, 0) is 0 Å². The molecule has 1 aliphatic heterocycles. The highest BCUT2D eigenvalue weighted by molar-refractivity contribution is 5.88. The lowest BCUT2D eigenvalue weighted by molar-refractivity contribution is -0.241. The van der Waals surface area contributed by atoms with Gasteiger partial charge in [0.15, 0.2) is 0 Å². The predicted octanol–water partition coefficient (Wildman–Crippen LogP) is 0.271. The molecule has 1 atom stereocenters. The van der Waals surface area contributed by atoms with Crippen LogP contribution in [-0.2, 0) is 4.74 Å². The van der Waals surface area contributed by atoms with Crippen LogP contribution in [0.3, 0.4) is 0 Å². The fourth-order valence-corrected chi connectivity index (χ4v) is 0.886. The molecule has 1 heterocycles. The molecule has 1 unspecified atom stereocenters. The predicted molar refractivity (Wildman–Crippen MR) is 50.4 cm³/mol. The molecular weight excluding hydrogens is 246 g/mol. The summed E-state index contributed by atoms with van der Waals surface area (Å²) in [4.78, 5) is 1.50. The van der Waals surface area contributed by atoms with Crippen LogP contribution in [-0.4, -0.2) is 42.7 Å². The number of hydrogen-bond acceptors (Lipinski definition) is 6. The Morgan fingerprint density at radius 2 is 2.12 bits per heavy atom. The van der Waals surface area contributed by atoms with Crippen LogP contribution >= 0.6 is 0 Å². The van der Waals surface area contributed by atoms with Gasteiger partial charge < -0.3 is 9.64 Å². The number of alkyl halides is 4. The van der Waals surface area contributed by atoms with Crippen molar-refractivity contribution in [3.05, 3.63) is 11.9 Å². The second kappa shape index (κ2) is 4.65. The van der Waals surface area contributed by atoms with E-state index in [1.54, 1.807) is 14.1 Å². The van der Waals surface area contributed by atoms with E-state index in [-0.39, 0.29) is 0 Å². The summed E-state index contributed by atoms with van der Waals surface area (Å²) in [6, 6.07) is 0. The lowest BCUT2D eigenvalue weighted by atomic mass is 10.5. The van der Waals surface area contributed by atoms with Gasteiger partial charge in [0.2, 0.25) is 5.90 Å².